The number of halogens is 1. The normalized spacial score (nSPS) is 28.2. The van der Waals surface area contributed by atoms with E-state index in [2.05, 4.69) is 42.5 Å². The molecule has 3 heterocycles. The number of hydrogen-bond acceptors (Lipinski definition) is 1. The molecular weight excluding hydrogens is 304 g/mol. The van der Waals surface area contributed by atoms with Crippen LogP contribution < -0.4 is 0 Å². The summed E-state index contributed by atoms with van der Waals surface area (Å²) in [7, 11) is 0. The van der Waals surface area contributed by atoms with Gasteiger partial charge in [0.15, 0.2) is 0 Å². The van der Waals surface area contributed by atoms with Crippen molar-refractivity contribution in [2.45, 2.75) is 19.4 Å². The first-order chi connectivity index (χ1) is 11.2. The van der Waals surface area contributed by atoms with E-state index in [0.717, 1.165) is 28.3 Å². The number of nitrogens with zero attached hydrogens (tertiary/aromatic N) is 2. The molecule has 5 rings (SSSR count). The average Bonchev–Trinajstić information content (AvgIpc) is 2.59. The summed E-state index contributed by atoms with van der Waals surface area (Å²) in [6.45, 7) is 4.75. The second-order valence-electron chi connectivity index (χ2n) is 6.94. The molecular formula is C20H22ClN2+. The van der Waals surface area contributed by atoms with E-state index >= 15 is 0 Å². The molecule has 0 unspecified atom stereocenters. The van der Waals surface area contributed by atoms with E-state index in [9.17, 15) is 0 Å². The van der Waals surface area contributed by atoms with E-state index in [1.807, 2.05) is 12.1 Å². The Hall–Kier alpha value is -1.64. The molecule has 2 aromatic carbocycles. The van der Waals surface area contributed by atoms with Crippen LogP contribution in [-0.2, 0) is 6.54 Å². The number of benzene rings is 2. The number of quaternary nitrogens is 1. The van der Waals surface area contributed by atoms with Crippen LogP contribution in [-0.4, -0.2) is 29.8 Å². The van der Waals surface area contributed by atoms with Crippen LogP contribution >= 0.6 is 11.6 Å². The van der Waals surface area contributed by atoms with E-state index in [4.69, 9.17) is 16.6 Å². The van der Waals surface area contributed by atoms with Crippen LogP contribution in [0.25, 0.3) is 0 Å². The van der Waals surface area contributed by atoms with Gasteiger partial charge in [0.2, 0.25) is 0 Å². The maximum absolute atomic E-state index is 6.02. The Bertz CT molecular complexity index is 698. The van der Waals surface area contributed by atoms with Crippen LogP contribution in [0.5, 0.6) is 0 Å². The molecule has 2 nitrogen and oxygen atoms in total. The first-order valence-corrected chi connectivity index (χ1v) is 8.82. The van der Waals surface area contributed by atoms with Crippen molar-refractivity contribution >= 4 is 23.0 Å². The van der Waals surface area contributed by atoms with Crippen LogP contribution in [0.4, 0.5) is 5.69 Å². The molecule has 0 amide bonds. The molecule has 2 bridgehead atoms. The van der Waals surface area contributed by atoms with Crippen molar-refractivity contribution in [3.8, 4) is 0 Å². The number of hydrogen-bond donors (Lipinski definition) is 0. The Morgan fingerprint density at radius 3 is 2.35 bits per heavy atom. The predicted octanol–water partition coefficient (Wildman–Crippen LogP) is 4.85. The molecule has 0 aliphatic carbocycles. The molecule has 23 heavy (non-hydrogen) atoms. The fourth-order valence-electron chi connectivity index (χ4n) is 4.07. The third-order valence-corrected chi connectivity index (χ3v) is 5.58. The summed E-state index contributed by atoms with van der Waals surface area (Å²) in [5, 5.41) is 0.817. The highest BCUT2D eigenvalue weighted by Gasteiger charge is 2.43. The Morgan fingerprint density at radius 2 is 1.65 bits per heavy atom. The van der Waals surface area contributed by atoms with Gasteiger partial charge < -0.3 is 4.48 Å². The molecule has 118 valence electrons. The van der Waals surface area contributed by atoms with Gasteiger partial charge in [-0.25, -0.2) is 0 Å². The zero-order valence-electron chi connectivity index (χ0n) is 13.3. The van der Waals surface area contributed by atoms with Crippen molar-refractivity contribution in [3.63, 3.8) is 0 Å². The van der Waals surface area contributed by atoms with E-state index in [1.54, 1.807) is 0 Å². The van der Waals surface area contributed by atoms with Gasteiger partial charge in [-0.1, -0.05) is 41.9 Å². The van der Waals surface area contributed by atoms with E-state index < -0.39 is 0 Å². The van der Waals surface area contributed by atoms with Crippen molar-refractivity contribution in [1.29, 1.82) is 0 Å². The molecule has 3 heteroatoms. The summed E-state index contributed by atoms with van der Waals surface area (Å²) in [5.41, 5.74) is 3.89. The standard InChI is InChI=1S/C20H22ClN2/c21-18-8-6-16(7-9-18)14-23-12-10-17(11-13-23)20(15-23)22-19-4-2-1-3-5-19/h1-9,17H,10-15H2/q+1. The van der Waals surface area contributed by atoms with Gasteiger partial charge in [0.1, 0.15) is 13.1 Å². The first kappa shape index (κ1) is 14.9. The maximum atomic E-state index is 6.02. The highest BCUT2D eigenvalue weighted by molar-refractivity contribution is 6.30. The van der Waals surface area contributed by atoms with Crippen LogP contribution in [0.3, 0.4) is 0 Å². The highest BCUT2D eigenvalue weighted by atomic mass is 35.5. The van der Waals surface area contributed by atoms with Gasteiger partial charge in [-0.3, -0.25) is 4.99 Å². The molecule has 0 atom stereocenters. The lowest BCUT2D eigenvalue weighted by Crippen LogP contribution is -2.61. The molecule has 2 aromatic rings. The van der Waals surface area contributed by atoms with Gasteiger partial charge in [-0.15, -0.1) is 0 Å². The first-order valence-electron chi connectivity index (χ1n) is 8.45. The molecule has 3 aliphatic rings. The van der Waals surface area contributed by atoms with Crippen molar-refractivity contribution in [3.05, 3.63) is 65.2 Å². The Labute approximate surface area is 143 Å². The fourth-order valence-corrected chi connectivity index (χ4v) is 4.19. The van der Waals surface area contributed by atoms with Gasteiger partial charge in [0.05, 0.1) is 24.5 Å². The minimum atomic E-state index is 0.695. The molecule has 3 aliphatic heterocycles. The Balaban J connectivity index is 1.57. The monoisotopic (exact) mass is 325 g/mol. The second kappa shape index (κ2) is 6.10. The number of aliphatic imine (C=N–C) groups is 1. The van der Waals surface area contributed by atoms with Gasteiger partial charge in [-0.2, -0.15) is 0 Å². The van der Waals surface area contributed by atoms with Gasteiger partial charge in [0.25, 0.3) is 0 Å². The maximum Gasteiger partial charge on any atom is 0.118 e. The van der Waals surface area contributed by atoms with Gasteiger partial charge in [-0.05, 0) is 24.3 Å². The quantitative estimate of drug-likeness (QED) is 0.715. The summed E-state index contributed by atoms with van der Waals surface area (Å²) in [5.74, 6) is 0.695. The SMILES string of the molecule is Clc1ccc(C[N+]23CCC(CC2)C(=Nc2ccccc2)C3)cc1. The second-order valence-corrected chi connectivity index (χ2v) is 7.38. The van der Waals surface area contributed by atoms with Crippen LogP contribution in [0, 0.1) is 5.92 Å². The van der Waals surface area contributed by atoms with Crippen molar-refractivity contribution in [2.24, 2.45) is 10.9 Å². The number of piperidine rings is 3. The van der Waals surface area contributed by atoms with E-state index in [1.165, 1.54) is 37.2 Å². The molecule has 3 saturated heterocycles. The molecule has 3 fully saturated rings. The lowest BCUT2D eigenvalue weighted by Gasteiger charge is -2.49. The van der Waals surface area contributed by atoms with Crippen molar-refractivity contribution < 1.29 is 4.48 Å². The molecule has 0 radical (unpaired) electrons. The lowest BCUT2D eigenvalue weighted by molar-refractivity contribution is -0.942. The van der Waals surface area contributed by atoms with Gasteiger partial charge >= 0.3 is 0 Å². The third-order valence-electron chi connectivity index (χ3n) is 5.33. The summed E-state index contributed by atoms with van der Waals surface area (Å²) < 4.78 is 1.16. The van der Waals surface area contributed by atoms with Gasteiger partial charge in [0, 0.05) is 29.3 Å². The summed E-state index contributed by atoms with van der Waals surface area (Å²) in [4.78, 5) is 4.98. The minimum absolute atomic E-state index is 0.695. The molecule has 0 spiro atoms. The highest BCUT2D eigenvalue weighted by Crippen LogP contribution is 2.35. The molecule has 0 N–H and O–H groups in total. The van der Waals surface area contributed by atoms with E-state index in [-0.39, 0.29) is 0 Å². The third kappa shape index (κ3) is 3.19. The number of fused-ring (bicyclic) bond motifs is 3. The average molecular weight is 326 g/mol. The number of para-hydroxylation sites is 1. The van der Waals surface area contributed by atoms with Crippen LogP contribution in [0.2, 0.25) is 5.02 Å². The Morgan fingerprint density at radius 1 is 0.957 bits per heavy atom. The van der Waals surface area contributed by atoms with Crippen LogP contribution in [0.15, 0.2) is 59.6 Å². The zero-order valence-corrected chi connectivity index (χ0v) is 14.0. The topological polar surface area (TPSA) is 12.4 Å². The van der Waals surface area contributed by atoms with E-state index in [0.29, 0.717) is 5.92 Å². The largest absolute Gasteiger partial charge is 0.315 e. The number of rotatable bonds is 3. The lowest BCUT2D eigenvalue weighted by atomic mass is 9.83. The summed E-state index contributed by atoms with van der Waals surface area (Å²) in [6, 6.07) is 18.7. The molecule has 0 aromatic heterocycles. The molecule has 0 saturated carbocycles. The minimum Gasteiger partial charge on any atom is -0.315 e. The smallest absolute Gasteiger partial charge is 0.118 e. The Kier molecular flexibility index (Phi) is 3.96. The predicted molar refractivity (Wildman–Crippen MR) is 96.3 cm³/mol. The van der Waals surface area contributed by atoms with Crippen molar-refractivity contribution in [1.82, 2.24) is 0 Å². The van der Waals surface area contributed by atoms with Crippen LogP contribution in [0.1, 0.15) is 18.4 Å². The summed E-state index contributed by atoms with van der Waals surface area (Å²) >= 11 is 6.02. The summed E-state index contributed by atoms with van der Waals surface area (Å²) in [6.07, 6.45) is 2.55. The van der Waals surface area contributed by atoms with Crippen molar-refractivity contribution in [2.75, 3.05) is 19.6 Å². The zero-order chi connectivity index (χ0) is 15.7. The fraction of sp³-hybridized carbons (Fsp3) is 0.350.